The fraction of sp³-hybridized carbons (Fsp3) is 0.462. The number of methoxy groups -OCH3 is 1. The number of rotatable bonds is 8. The molecule has 112 valence electrons. The number of nitrogens with zero attached hydrogens (tertiary/aromatic N) is 1. The lowest BCUT2D eigenvalue weighted by molar-refractivity contribution is 0.0963. The van der Waals surface area contributed by atoms with Gasteiger partial charge in [-0.2, -0.15) is 0 Å². The van der Waals surface area contributed by atoms with Gasteiger partial charge in [0, 0.05) is 27.2 Å². The van der Waals surface area contributed by atoms with Crippen LogP contribution in [0, 0.1) is 0 Å². The van der Waals surface area contributed by atoms with Crippen LogP contribution in [-0.4, -0.2) is 46.0 Å². The molecule has 0 saturated heterocycles. The predicted octanol–water partition coefficient (Wildman–Crippen LogP) is 2.05. The van der Waals surface area contributed by atoms with Gasteiger partial charge < -0.3 is 20.7 Å². The molecule has 0 fully saturated rings. The summed E-state index contributed by atoms with van der Waals surface area (Å²) >= 11 is 2.95. The van der Waals surface area contributed by atoms with E-state index in [1.807, 2.05) is 13.3 Å². The third-order valence-corrected chi connectivity index (χ3v) is 4.95. The summed E-state index contributed by atoms with van der Waals surface area (Å²) in [7, 11) is 3.63. The second-order valence-corrected chi connectivity index (χ2v) is 5.91. The van der Waals surface area contributed by atoms with Crippen molar-refractivity contribution >= 4 is 39.7 Å². The smallest absolute Gasteiger partial charge is 0.263 e. The Balaban J connectivity index is 3.01. The minimum Gasteiger partial charge on any atom is -0.396 e. The number of ether oxygens (including phenoxy) is 1. The number of nitrogens with two attached hydrogens (primary N) is 1. The Morgan fingerprint density at radius 3 is 2.90 bits per heavy atom. The van der Waals surface area contributed by atoms with E-state index in [2.05, 4.69) is 16.8 Å². The highest BCUT2D eigenvalue weighted by atomic mass is 32.2. The van der Waals surface area contributed by atoms with E-state index >= 15 is 0 Å². The van der Waals surface area contributed by atoms with Crippen molar-refractivity contribution in [2.75, 3.05) is 50.7 Å². The Morgan fingerprint density at radius 1 is 1.65 bits per heavy atom. The van der Waals surface area contributed by atoms with Gasteiger partial charge in [0.25, 0.3) is 5.91 Å². The lowest BCUT2D eigenvalue weighted by Gasteiger charge is -2.18. The normalized spacial score (nSPS) is 10.3. The molecule has 1 aromatic rings. The highest BCUT2D eigenvalue weighted by molar-refractivity contribution is 7.99. The van der Waals surface area contributed by atoms with Crippen molar-refractivity contribution in [3.8, 4) is 0 Å². The average Bonchev–Trinajstić information content (AvgIpc) is 2.79. The van der Waals surface area contributed by atoms with Crippen molar-refractivity contribution in [2.24, 2.45) is 0 Å². The molecule has 0 unspecified atom stereocenters. The molecule has 0 aliphatic carbocycles. The number of likely N-dealkylation sites (N-methyl/N-ethyl adjacent to an activating group) is 1. The summed E-state index contributed by atoms with van der Waals surface area (Å²) in [5.74, 6) is -0.158. The molecule has 1 heterocycles. The molecule has 0 aromatic carbocycles. The van der Waals surface area contributed by atoms with E-state index in [4.69, 9.17) is 10.5 Å². The van der Waals surface area contributed by atoms with Crippen LogP contribution in [0.2, 0.25) is 0 Å². The Hall–Kier alpha value is -1.18. The number of nitrogen functional groups attached to an aromatic ring is 1. The number of anilines is 2. The standard InChI is InChI=1S/C13H21N3O2S2/c1-5-6-15-12(17)10-9(14)11(19-4)13(20-10)16(2)7-8-18-3/h5H,1,6-8,14H2,2-4H3,(H,15,17). The summed E-state index contributed by atoms with van der Waals surface area (Å²) in [6, 6.07) is 0. The number of nitrogens with one attached hydrogen (secondary N) is 1. The van der Waals surface area contributed by atoms with E-state index in [1.165, 1.54) is 11.3 Å². The Labute approximate surface area is 128 Å². The minimum atomic E-state index is -0.158. The van der Waals surface area contributed by atoms with Gasteiger partial charge in [-0.05, 0) is 6.26 Å². The monoisotopic (exact) mass is 315 g/mol. The van der Waals surface area contributed by atoms with Crippen molar-refractivity contribution in [2.45, 2.75) is 4.90 Å². The zero-order valence-electron chi connectivity index (χ0n) is 12.1. The van der Waals surface area contributed by atoms with Gasteiger partial charge in [-0.3, -0.25) is 4.79 Å². The second kappa shape index (κ2) is 8.18. The molecule has 1 rings (SSSR count). The van der Waals surface area contributed by atoms with E-state index in [-0.39, 0.29) is 5.91 Å². The third kappa shape index (κ3) is 3.91. The van der Waals surface area contributed by atoms with Crippen LogP contribution in [0.15, 0.2) is 17.6 Å². The SMILES string of the molecule is C=CCNC(=O)c1sc(N(C)CCOC)c(SC)c1N. The predicted molar refractivity (Wildman–Crippen MR) is 88.2 cm³/mol. The molecule has 20 heavy (non-hydrogen) atoms. The summed E-state index contributed by atoms with van der Waals surface area (Å²) in [4.78, 5) is 15.6. The molecule has 0 bridgehead atoms. The fourth-order valence-electron chi connectivity index (χ4n) is 1.61. The number of thiophene rings is 1. The van der Waals surface area contributed by atoms with E-state index < -0.39 is 0 Å². The second-order valence-electron chi connectivity index (χ2n) is 4.10. The zero-order valence-corrected chi connectivity index (χ0v) is 13.7. The van der Waals surface area contributed by atoms with Crippen LogP contribution in [-0.2, 0) is 4.74 Å². The van der Waals surface area contributed by atoms with Crippen LogP contribution in [0.5, 0.6) is 0 Å². The van der Waals surface area contributed by atoms with E-state index in [9.17, 15) is 4.79 Å². The van der Waals surface area contributed by atoms with Crippen molar-refractivity contribution in [1.29, 1.82) is 0 Å². The molecule has 0 aliphatic heterocycles. The lowest BCUT2D eigenvalue weighted by Crippen LogP contribution is -2.23. The number of hydrogen-bond acceptors (Lipinski definition) is 6. The maximum atomic E-state index is 12.1. The zero-order chi connectivity index (χ0) is 15.1. The number of amides is 1. The number of carbonyl (C=O) groups excluding carboxylic acids is 1. The first-order valence-electron chi connectivity index (χ1n) is 6.12. The van der Waals surface area contributed by atoms with Crippen LogP contribution in [0.3, 0.4) is 0 Å². The van der Waals surface area contributed by atoms with Crippen molar-refractivity contribution in [1.82, 2.24) is 5.32 Å². The lowest BCUT2D eigenvalue weighted by atomic mass is 10.3. The number of thioether (sulfide) groups is 1. The topological polar surface area (TPSA) is 67.6 Å². The largest absolute Gasteiger partial charge is 0.396 e. The van der Waals surface area contributed by atoms with Gasteiger partial charge in [0.15, 0.2) is 0 Å². The Kier molecular flexibility index (Phi) is 6.90. The maximum Gasteiger partial charge on any atom is 0.263 e. The van der Waals surface area contributed by atoms with Gasteiger partial charge in [0.2, 0.25) is 0 Å². The minimum absolute atomic E-state index is 0.158. The molecule has 0 saturated carbocycles. The molecule has 7 heteroatoms. The molecule has 3 N–H and O–H groups in total. The summed E-state index contributed by atoms with van der Waals surface area (Å²) < 4.78 is 5.08. The van der Waals surface area contributed by atoms with Crippen LogP contribution < -0.4 is 16.0 Å². The first-order valence-corrected chi connectivity index (χ1v) is 8.16. The molecule has 1 amide bonds. The molecule has 0 aliphatic rings. The van der Waals surface area contributed by atoms with Crippen molar-refractivity contribution in [3.05, 3.63) is 17.5 Å². The average molecular weight is 315 g/mol. The molecular formula is C13H21N3O2S2. The van der Waals surface area contributed by atoms with Crippen molar-refractivity contribution in [3.63, 3.8) is 0 Å². The molecular weight excluding hydrogens is 294 g/mol. The van der Waals surface area contributed by atoms with Crippen LogP contribution in [0.4, 0.5) is 10.7 Å². The summed E-state index contributed by atoms with van der Waals surface area (Å²) in [5.41, 5.74) is 6.64. The Bertz CT molecular complexity index is 474. The van der Waals surface area contributed by atoms with Gasteiger partial charge in [-0.15, -0.1) is 29.7 Å². The van der Waals surface area contributed by atoms with Gasteiger partial charge in [0.1, 0.15) is 9.88 Å². The third-order valence-electron chi connectivity index (χ3n) is 2.68. The summed E-state index contributed by atoms with van der Waals surface area (Å²) in [6.07, 6.45) is 3.60. The molecule has 0 spiro atoms. The highest BCUT2D eigenvalue weighted by Gasteiger charge is 2.22. The maximum absolute atomic E-state index is 12.1. The summed E-state index contributed by atoms with van der Waals surface area (Å²) in [6.45, 7) is 5.38. The molecule has 5 nitrogen and oxygen atoms in total. The van der Waals surface area contributed by atoms with Gasteiger partial charge in [0.05, 0.1) is 17.2 Å². The van der Waals surface area contributed by atoms with E-state index in [1.54, 1.807) is 24.9 Å². The first-order chi connectivity index (χ1) is 9.56. The summed E-state index contributed by atoms with van der Waals surface area (Å²) in [5, 5.41) is 3.75. The highest BCUT2D eigenvalue weighted by Crippen LogP contribution is 2.43. The number of hydrogen-bond donors (Lipinski definition) is 2. The van der Waals surface area contributed by atoms with E-state index in [0.29, 0.717) is 23.7 Å². The first kappa shape index (κ1) is 16.9. The van der Waals surface area contributed by atoms with Crippen molar-refractivity contribution < 1.29 is 9.53 Å². The number of carbonyl (C=O) groups is 1. The fourth-order valence-corrected chi connectivity index (χ4v) is 3.72. The van der Waals surface area contributed by atoms with Crippen LogP contribution >= 0.6 is 23.1 Å². The van der Waals surface area contributed by atoms with Crippen LogP contribution in [0.25, 0.3) is 0 Å². The molecule has 1 aromatic heterocycles. The molecule has 0 atom stereocenters. The van der Waals surface area contributed by atoms with Gasteiger partial charge >= 0.3 is 0 Å². The van der Waals surface area contributed by atoms with Gasteiger partial charge in [-0.1, -0.05) is 6.08 Å². The quantitative estimate of drug-likeness (QED) is 0.568. The van der Waals surface area contributed by atoms with Gasteiger partial charge in [-0.25, -0.2) is 0 Å². The van der Waals surface area contributed by atoms with E-state index in [0.717, 1.165) is 16.4 Å². The molecule has 0 radical (unpaired) electrons. The van der Waals surface area contributed by atoms with Crippen LogP contribution in [0.1, 0.15) is 9.67 Å². The Morgan fingerprint density at radius 2 is 2.35 bits per heavy atom.